The van der Waals surface area contributed by atoms with Crippen LogP contribution in [0.4, 0.5) is 5.69 Å². The second-order valence-corrected chi connectivity index (χ2v) is 8.42. The number of benzene rings is 3. The molecule has 3 rings (SSSR count). The zero-order valence-electron chi connectivity index (χ0n) is 18.8. The summed E-state index contributed by atoms with van der Waals surface area (Å²) in [5, 5.41) is 15.8. The van der Waals surface area contributed by atoms with E-state index in [2.05, 4.69) is 37.8 Å². The van der Waals surface area contributed by atoms with E-state index in [1.54, 1.807) is 30.3 Å². The molecule has 0 spiro atoms. The molecule has 2 N–H and O–H groups in total. The van der Waals surface area contributed by atoms with Crippen LogP contribution in [0.3, 0.4) is 0 Å². The predicted octanol–water partition coefficient (Wildman–Crippen LogP) is 5.00. The van der Waals surface area contributed by atoms with Gasteiger partial charge in [-0.3, -0.25) is 9.59 Å². The number of halogens is 1. The van der Waals surface area contributed by atoms with Gasteiger partial charge in [0, 0.05) is 11.3 Å². The van der Waals surface area contributed by atoms with E-state index in [9.17, 15) is 14.9 Å². The van der Waals surface area contributed by atoms with E-state index in [0.29, 0.717) is 21.5 Å². The number of carbonyl (C=O) groups excluding carboxylic acids is 2. The Morgan fingerprint density at radius 1 is 1.06 bits per heavy atom. The van der Waals surface area contributed by atoms with Crippen LogP contribution in [0.1, 0.15) is 34.2 Å². The first-order chi connectivity index (χ1) is 16.4. The van der Waals surface area contributed by atoms with Crippen molar-refractivity contribution in [2.75, 3.05) is 5.32 Å². The number of anilines is 1. The Hall–Kier alpha value is -3.96. The Bertz CT molecular complexity index is 1280. The fourth-order valence-corrected chi connectivity index (χ4v) is 3.52. The van der Waals surface area contributed by atoms with Crippen LogP contribution >= 0.6 is 15.9 Å². The highest BCUT2D eigenvalue weighted by Crippen LogP contribution is 2.26. The molecule has 0 aliphatic carbocycles. The third-order valence-electron chi connectivity index (χ3n) is 4.99. The molecule has 0 fully saturated rings. The van der Waals surface area contributed by atoms with Gasteiger partial charge in [-0.15, -0.1) is 0 Å². The smallest absolute Gasteiger partial charge is 0.249 e. The van der Waals surface area contributed by atoms with Crippen LogP contribution in [0.5, 0.6) is 5.75 Å². The number of hydrogen-bond donors (Lipinski definition) is 2. The molecule has 0 unspecified atom stereocenters. The lowest BCUT2D eigenvalue weighted by molar-refractivity contribution is -0.126. The van der Waals surface area contributed by atoms with Gasteiger partial charge in [-0.1, -0.05) is 24.3 Å². The molecule has 0 aliphatic rings. The van der Waals surface area contributed by atoms with E-state index in [0.717, 1.165) is 22.3 Å². The Labute approximate surface area is 206 Å². The number of nitrogens with one attached hydrogen (secondary N) is 2. The Morgan fingerprint density at radius 2 is 1.85 bits per heavy atom. The summed E-state index contributed by atoms with van der Waals surface area (Å²) in [6, 6.07) is 20.3. The van der Waals surface area contributed by atoms with Crippen LogP contribution in [0.15, 0.2) is 70.2 Å². The van der Waals surface area contributed by atoms with Crippen LogP contribution in [0.2, 0.25) is 0 Å². The summed E-state index contributed by atoms with van der Waals surface area (Å²) in [6.45, 7) is 4.20. The first-order valence-corrected chi connectivity index (χ1v) is 11.2. The zero-order valence-corrected chi connectivity index (χ0v) is 20.3. The van der Waals surface area contributed by atoms with Crippen molar-refractivity contribution in [1.29, 1.82) is 5.26 Å². The number of carbonyl (C=O) groups is 2. The number of ether oxygens (including phenoxy) is 1. The molecule has 0 saturated carbocycles. The number of nitrogens with zero attached hydrogens (tertiary/aromatic N) is 2. The van der Waals surface area contributed by atoms with Gasteiger partial charge in [0.2, 0.25) is 11.8 Å². The molecule has 3 aromatic rings. The maximum absolute atomic E-state index is 12.1. The van der Waals surface area contributed by atoms with E-state index in [4.69, 9.17) is 4.74 Å². The predicted molar refractivity (Wildman–Crippen MR) is 135 cm³/mol. The Morgan fingerprint density at radius 3 is 2.59 bits per heavy atom. The fraction of sp³-hybridized carbons (Fsp3) is 0.154. The molecule has 0 aliphatic heterocycles. The van der Waals surface area contributed by atoms with Crippen molar-refractivity contribution in [3.8, 4) is 11.8 Å². The van der Waals surface area contributed by atoms with E-state index >= 15 is 0 Å². The summed E-state index contributed by atoms with van der Waals surface area (Å²) >= 11 is 3.46. The van der Waals surface area contributed by atoms with Crippen LogP contribution in [0.25, 0.3) is 0 Å². The van der Waals surface area contributed by atoms with Crippen LogP contribution in [0, 0.1) is 25.2 Å². The Balaban J connectivity index is 1.49. The molecule has 2 amide bonds. The molecule has 0 saturated heterocycles. The average Bonchev–Trinajstić information content (AvgIpc) is 2.81. The minimum Gasteiger partial charge on any atom is -0.488 e. The Kier molecular flexibility index (Phi) is 8.54. The molecule has 0 heterocycles. The summed E-state index contributed by atoms with van der Waals surface area (Å²) in [5.41, 5.74) is 7.27. The first-order valence-electron chi connectivity index (χ1n) is 10.4. The molecule has 172 valence electrons. The van der Waals surface area contributed by atoms with Crippen molar-refractivity contribution in [2.45, 2.75) is 26.9 Å². The minimum atomic E-state index is -0.521. The van der Waals surface area contributed by atoms with Gasteiger partial charge in [0.25, 0.3) is 0 Å². The standard InChI is InChI=1S/C26H23BrN4O3/c1-17-7-9-22(11-18(17)2)30-25(32)13-26(33)31-29-15-19-8-10-24(23(27)12-19)34-16-21-6-4-3-5-20(21)14-28/h3-12,15H,13,16H2,1-2H3,(H,30,32)(H,31,33). The highest BCUT2D eigenvalue weighted by Gasteiger charge is 2.10. The highest BCUT2D eigenvalue weighted by atomic mass is 79.9. The van der Waals surface area contributed by atoms with Crippen molar-refractivity contribution < 1.29 is 14.3 Å². The molecule has 0 radical (unpaired) electrons. The van der Waals surface area contributed by atoms with Crippen LogP contribution in [-0.2, 0) is 16.2 Å². The monoisotopic (exact) mass is 518 g/mol. The molecule has 34 heavy (non-hydrogen) atoms. The maximum atomic E-state index is 12.1. The normalized spacial score (nSPS) is 10.5. The maximum Gasteiger partial charge on any atom is 0.249 e. The lowest BCUT2D eigenvalue weighted by atomic mass is 10.1. The fourth-order valence-electron chi connectivity index (χ4n) is 3.01. The molecule has 7 nitrogen and oxygen atoms in total. The van der Waals surface area contributed by atoms with Gasteiger partial charge in [-0.05, 0) is 82.9 Å². The molecule has 0 bridgehead atoms. The van der Waals surface area contributed by atoms with Crippen molar-refractivity contribution in [1.82, 2.24) is 5.43 Å². The summed E-state index contributed by atoms with van der Waals surface area (Å²) < 4.78 is 6.51. The molecule has 3 aromatic carbocycles. The lowest BCUT2D eigenvalue weighted by Crippen LogP contribution is -2.24. The summed E-state index contributed by atoms with van der Waals surface area (Å²) in [6.07, 6.45) is 1.13. The average molecular weight is 519 g/mol. The van der Waals surface area contributed by atoms with E-state index in [1.165, 1.54) is 6.21 Å². The van der Waals surface area contributed by atoms with Crippen molar-refractivity contribution in [3.05, 3.63) is 93.0 Å². The number of nitriles is 1. The summed E-state index contributed by atoms with van der Waals surface area (Å²) in [7, 11) is 0. The number of amides is 2. The summed E-state index contributed by atoms with van der Waals surface area (Å²) in [5.74, 6) is -0.331. The van der Waals surface area contributed by atoms with E-state index < -0.39 is 11.8 Å². The molecular formula is C26H23BrN4O3. The van der Waals surface area contributed by atoms with Gasteiger partial charge >= 0.3 is 0 Å². The zero-order chi connectivity index (χ0) is 24.5. The van der Waals surface area contributed by atoms with Gasteiger partial charge in [0.1, 0.15) is 18.8 Å². The molecule has 0 atom stereocenters. The van der Waals surface area contributed by atoms with E-state index in [-0.39, 0.29) is 13.0 Å². The number of hydrazone groups is 1. The highest BCUT2D eigenvalue weighted by molar-refractivity contribution is 9.10. The first kappa shape index (κ1) is 24.7. The van der Waals surface area contributed by atoms with Crippen LogP contribution in [-0.4, -0.2) is 18.0 Å². The van der Waals surface area contributed by atoms with Gasteiger partial charge in [-0.25, -0.2) is 5.43 Å². The second kappa shape index (κ2) is 11.8. The number of hydrogen-bond acceptors (Lipinski definition) is 5. The molecular weight excluding hydrogens is 496 g/mol. The van der Waals surface area contributed by atoms with Gasteiger partial charge in [-0.2, -0.15) is 10.4 Å². The topological polar surface area (TPSA) is 104 Å². The van der Waals surface area contributed by atoms with Gasteiger partial charge < -0.3 is 10.1 Å². The SMILES string of the molecule is Cc1ccc(NC(=O)CC(=O)NN=Cc2ccc(OCc3ccccc3C#N)c(Br)c2)cc1C. The van der Waals surface area contributed by atoms with Crippen LogP contribution < -0.4 is 15.5 Å². The van der Waals surface area contributed by atoms with Gasteiger partial charge in [0.15, 0.2) is 0 Å². The number of aryl methyl sites for hydroxylation is 2. The summed E-state index contributed by atoms with van der Waals surface area (Å²) in [4.78, 5) is 24.1. The largest absolute Gasteiger partial charge is 0.488 e. The second-order valence-electron chi connectivity index (χ2n) is 7.56. The third kappa shape index (κ3) is 7.02. The molecule has 0 aromatic heterocycles. The minimum absolute atomic E-state index is 0.260. The lowest BCUT2D eigenvalue weighted by Gasteiger charge is -2.10. The number of rotatable bonds is 8. The van der Waals surface area contributed by atoms with Crippen molar-refractivity contribution in [2.24, 2.45) is 5.10 Å². The van der Waals surface area contributed by atoms with Crippen molar-refractivity contribution >= 4 is 39.6 Å². The van der Waals surface area contributed by atoms with Gasteiger partial charge in [0.05, 0.1) is 22.3 Å². The molecule has 8 heteroatoms. The third-order valence-corrected chi connectivity index (χ3v) is 5.61. The quantitative estimate of drug-likeness (QED) is 0.249. The van der Waals surface area contributed by atoms with Crippen molar-refractivity contribution in [3.63, 3.8) is 0 Å². The van der Waals surface area contributed by atoms with E-state index in [1.807, 2.05) is 44.2 Å².